The maximum absolute atomic E-state index is 12.5. The molecular weight excluding hydrogens is 306 g/mol. The Morgan fingerprint density at radius 2 is 1.92 bits per heavy atom. The Morgan fingerprint density at radius 3 is 2.50 bits per heavy atom. The van der Waals surface area contributed by atoms with Gasteiger partial charge in [-0.3, -0.25) is 9.48 Å². The average Bonchev–Trinajstić information content (AvgIpc) is 2.95. The standard InChI is InChI=1S/C18H23N3O3/c1-5-14(13-9-7-12(3)8-10-13)19-17(22)15-11-16(21(4)20-15)18(23)24-6-2/h7-11,14H,5-6H2,1-4H3,(H,19,22). The van der Waals surface area contributed by atoms with Crippen molar-refractivity contribution in [1.29, 1.82) is 0 Å². The van der Waals surface area contributed by atoms with Gasteiger partial charge >= 0.3 is 5.97 Å². The lowest BCUT2D eigenvalue weighted by molar-refractivity contribution is 0.0513. The summed E-state index contributed by atoms with van der Waals surface area (Å²) < 4.78 is 6.31. The van der Waals surface area contributed by atoms with E-state index in [1.165, 1.54) is 16.3 Å². The number of esters is 1. The van der Waals surface area contributed by atoms with E-state index < -0.39 is 5.97 Å². The minimum Gasteiger partial charge on any atom is -0.461 e. The Balaban J connectivity index is 2.15. The summed E-state index contributed by atoms with van der Waals surface area (Å²) in [6.45, 7) is 6.04. The fourth-order valence-electron chi connectivity index (χ4n) is 2.43. The van der Waals surface area contributed by atoms with Crippen molar-refractivity contribution in [3.63, 3.8) is 0 Å². The number of benzene rings is 1. The number of hydrogen-bond donors (Lipinski definition) is 1. The molecule has 0 spiro atoms. The zero-order valence-electron chi connectivity index (χ0n) is 14.5. The van der Waals surface area contributed by atoms with E-state index in [-0.39, 0.29) is 29.9 Å². The molecule has 0 saturated heterocycles. The Hall–Kier alpha value is -2.63. The third kappa shape index (κ3) is 4.01. The number of aromatic nitrogens is 2. The van der Waals surface area contributed by atoms with E-state index in [9.17, 15) is 9.59 Å². The van der Waals surface area contributed by atoms with Crippen LogP contribution in [0.1, 0.15) is 58.4 Å². The number of carbonyl (C=O) groups excluding carboxylic acids is 2. The SMILES string of the molecule is CCOC(=O)c1cc(C(=O)NC(CC)c2ccc(C)cc2)nn1C. The molecule has 0 aliphatic rings. The lowest BCUT2D eigenvalue weighted by atomic mass is 10.0. The molecule has 24 heavy (non-hydrogen) atoms. The maximum atomic E-state index is 12.5. The van der Waals surface area contributed by atoms with Gasteiger partial charge < -0.3 is 10.1 Å². The number of rotatable bonds is 6. The number of amides is 1. The maximum Gasteiger partial charge on any atom is 0.356 e. The molecule has 0 saturated carbocycles. The zero-order chi connectivity index (χ0) is 17.7. The largest absolute Gasteiger partial charge is 0.461 e. The van der Waals surface area contributed by atoms with Crippen molar-refractivity contribution in [3.05, 3.63) is 52.8 Å². The monoisotopic (exact) mass is 329 g/mol. The lowest BCUT2D eigenvalue weighted by Gasteiger charge is -2.17. The Bertz CT molecular complexity index is 720. The smallest absolute Gasteiger partial charge is 0.356 e. The minimum absolute atomic E-state index is 0.105. The van der Waals surface area contributed by atoms with Gasteiger partial charge in [0.2, 0.25) is 0 Å². The molecule has 1 aromatic carbocycles. The quantitative estimate of drug-likeness (QED) is 0.827. The summed E-state index contributed by atoms with van der Waals surface area (Å²) in [5.41, 5.74) is 2.67. The van der Waals surface area contributed by atoms with Gasteiger partial charge in [0.1, 0.15) is 5.69 Å². The number of aryl methyl sites for hydroxylation is 2. The van der Waals surface area contributed by atoms with Gasteiger partial charge in [0.05, 0.1) is 12.6 Å². The fourth-order valence-corrected chi connectivity index (χ4v) is 2.43. The highest BCUT2D eigenvalue weighted by Gasteiger charge is 2.20. The van der Waals surface area contributed by atoms with E-state index in [1.54, 1.807) is 14.0 Å². The van der Waals surface area contributed by atoms with Crippen molar-refractivity contribution in [1.82, 2.24) is 15.1 Å². The second-order valence-electron chi connectivity index (χ2n) is 5.60. The van der Waals surface area contributed by atoms with Crippen molar-refractivity contribution >= 4 is 11.9 Å². The highest BCUT2D eigenvalue weighted by atomic mass is 16.5. The van der Waals surface area contributed by atoms with E-state index in [0.717, 1.165) is 12.0 Å². The van der Waals surface area contributed by atoms with Gasteiger partial charge in [0.15, 0.2) is 5.69 Å². The summed E-state index contributed by atoms with van der Waals surface area (Å²) in [5, 5.41) is 7.08. The first-order chi connectivity index (χ1) is 11.5. The van der Waals surface area contributed by atoms with Crippen LogP contribution < -0.4 is 5.32 Å². The molecule has 6 heteroatoms. The molecule has 1 heterocycles. The Morgan fingerprint density at radius 1 is 1.25 bits per heavy atom. The fraction of sp³-hybridized carbons (Fsp3) is 0.389. The second-order valence-corrected chi connectivity index (χ2v) is 5.60. The summed E-state index contributed by atoms with van der Waals surface area (Å²) in [6, 6.07) is 9.40. The van der Waals surface area contributed by atoms with Gasteiger partial charge in [0, 0.05) is 13.1 Å². The van der Waals surface area contributed by atoms with Crippen LogP contribution in [-0.2, 0) is 11.8 Å². The molecule has 0 aliphatic heterocycles. The predicted octanol–water partition coefficient (Wildman–Crippen LogP) is 2.79. The van der Waals surface area contributed by atoms with Crippen LogP contribution in [-0.4, -0.2) is 28.3 Å². The first-order valence-corrected chi connectivity index (χ1v) is 8.04. The summed E-state index contributed by atoms with van der Waals surface area (Å²) in [7, 11) is 1.61. The minimum atomic E-state index is -0.489. The molecular formula is C18H23N3O3. The summed E-state index contributed by atoms with van der Waals surface area (Å²) >= 11 is 0. The summed E-state index contributed by atoms with van der Waals surface area (Å²) in [5.74, 6) is -0.800. The van der Waals surface area contributed by atoms with Crippen molar-refractivity contribution < 1.29 is 14.3 Å². The summed E-state index contributed by atoms with van der Waals surface area (Å²) in [6.07, 6.45) is 0.756. The third-order valence-electron chi connectivity index (χ3n) is 3.79. The van der Waals surface area contributed by atoms with Gasteiger partial charge in [-0.25, -0.2) is 4.79 Å². The molecule has 1 N–H and O–H groups in total. The highest BCUT2D eigenvalue weighted by Crippen LogP contribution is 2.18. The van der Waals surface area contributed by atoms with Crippen LogP contribution in [0, 0.1) is 6.92 Å². The van der Waals surface area contributed by atoms with Crippen LogP contribution >= 0.6 is 0 Å². The Labute approximate surface area is 141 Å². The normalized spacial score (nSPS) is 11.8. The van der Waals surface area contributed by atoms with Crippen molar-refractivity contribution in [2.24, 2.45) is 7.05 Å². The molecule has 0 fully saturated rings. The van der Waals surface area contributed by atoms with Gasteiger partial charge in [-0.2, -0.15) is 5.10 Å². The average molecular weight is 329 g/mol. The van der Waals surface area contributed by atoms with Crippen LogP contribution in [0.4, 0.5) is 0 Å². The molecule has 2 aromatic rings. The molecule has 128 valence electrons. The molecule has 0 radical (unpaired) electrons. The number of nitrogens with one attached hydrogen (secondary N) is 1. The van der Waals surface area contributed by atoms with Crippen molar-refractivity contribution in [2.75, 3.05) is 6.61 Å². The first kappa shape index (κ1) is 17.7. The Kier molecular flexibility index (Phi) is 5.73. The van der Waals surface area contributed by atoms with E-state index in [1.807, 2.05) is 38.1 Å². The summed E-state index contributed by atoms with van der Waals surface area (Å²) in [4.78, 5) is 24.3. The van der Waals surface area contributed by atoms with Crippen LogP contribution in [0.5, 0.6) is 0 Å². The van der Waals surface area contributed by atoms with E-state index in [0.29, 0.717) is 0 Å². The third-order valence-corrected chi connectivity index (χ3v) is 3.79. The van der Waals surface area contributed by atoms with E-state index >= 15 is 0 Å². The van der Waals surface area contributed by atoms with Gasteiger partial charge in [-0.1, -0.05) is 36.8 Å². The number of hydrogen-bond acceptors (Lipinski definition) is 4. The van der Waals surface area contributed by atoms with Gasteiger partial charge in [-0.15, -0.1) is 0 Å². The molecule has 1 unspecified atom stereocenters. The number of ether oxygens (including phenoxy) is 1. The van der Waals surface area contributed by atoms with Gasteiger partial charge in [-0.05, 0) is 25.8 Å². The second kappa shape index (κ2) is 7.77. The predicted molar refractivity (Wildman–Crippen MR) is 90.8 cm³/mol. The van der Waals surface area contributed by atoms with Crippen molar-refractivity contribution in [2.45, 2.75) is 33.2 Å². The van der Waals surface area contributed by atoms with Crippen LogP contribution in [0.3, 0.4) is 0 Å². The van der Waals surface area contributed by atoms with Crippen LogP contribution in [0.15, 0.2) is 30.3 Å². The van der Waals surface area contributed by atoms with Crippen LogP contribution in [0.2, 0.25) is 0 Å². The topological polar surface area (TPSA) is 73.2 Å². The first-order valence-electron chi connectivity index (χ1n) is 8.04. The molecule has 2 rings (SSSR count). The number of nitrogens with zero attached hydrogens (tertiary/aromatic N) is 2. The highest BCUT2D eigenvalue weighted by molar-refractivity contribution is 5.96. The van der Waals surface area contributed by atoms with Gasteiger partial charge in [0.25, 0.3) is 5.91 Å². The zero-order valence-corrected chi connectivity index (χ0v) is 14.5. The molecule has 1 amide bonds. The number of carbonyl (C=O) groups is 2. The molecule has 1 aromatic heterocycles. The molecule has 0 aliphatic carbocycles. The van der Waals surface area contributed by atoms with E-state index in [2.05, 4.69) is 10.4 Å². The molecule has 0 bridgehead atoms. The molecule has 6 nitrogen and oxygen atoms in total. The lowest BCUT2D eigenvalue weighted by Crippen LogP contribution is -2.28. The van der Waals surface area contributed by atoms with Crippen LogP contribution in [0.25, 0.3) is 0 Å². The molecule has 1 atom stereocenters. The van der Waals surface area contributed by atoms with E-state index in [4.69, 9.17) is 4.74 Å². The van der Waals surface area contributed by atoms with Crippen molar-refractivity contribution in [3.8, 4) is 0 Å².